The van der Waals surface area contributed by atoms with Gasteiger partial charge in [-0.05, 0) is 39.4 Å². The Bertz CT molecular complexity index is 889. The van der Waals surface area contributed by atoms with Gasteiger partial charge in [-0.3, -0.25) is 14.3 Å². The Morgan fingerprint density at radius 2 is 2.00 bits per heavy atom. The molecule has 0 bridgehead atoms. The Hall–Kier alpha value is -2.08. The lowest BCUT2D eigenvalue weighted by atomic mass is 10.0. The molecule has 2 aliphatic rings. The zero-order chi connectivity index (χ0) is 17.2. The maximum atomic E-state index is 12.8. The van der Waals surface area contributed by atoms with E-state index in [1.165, 1.54) is 0 Å². The zero-order valence-electron chi connectivity index (χ0n) is 15.0. The van der Waals surface area contributed by atoms with Crippen molar-refractivity contribution in [1.82, 2.24) is 14.5 Å². The van der Waals surface area contributed by atoms with E-state index in [-0.39, 0.29) is 11.6 Å². The lowest BCUT2D eigenvalue weighted by Crippen LogP contribution is -2.60. The number of ether oxygens (including phenoxy) is 1. The molecular weight excluding hydrogens is 304 g/mol. The summed E-state index contributed by atoms with van der Waals surface area (Å²) >= 11 is 0. The summed E-state index contributed by atoms with van der Waals surface area (Å²) < 4.78 is 7.55. The van der Waals surface area contributed by atoms with E-state index in [1.807, 2.05) is 6.92 Å². The molecule has 2 unspecified atom stereocenters. The first-order valence-corrected chi connectivity index (χ1v) is 8.49. The van der Waals surface area contributed by atoms with Gasteiger partial charge in [-0.1, -0.05) is 0 Å². The highest BCUT2D eigenvalue weighted by molar-refractivity contribution is 5.94. The van der Waals surface area contributed by atoms with E-state index in [4.69, 9.17) is 4.74 Å². The first-order chi connectivity index (χ1) is 11.4. The number of rotatable bonds is 0. The second-order valence-corrected chi connectivity index (χ2v) is 7.21. The van der Waals surface area contributed by atoms with E-state index in [2.05, 4.69) is 41.7 Å². The highest BCUT2D eigenvalue weighted by atomic mass is 16.5. The monoisotopic (exact) mass is 328 g/mol. The van der Waals surface area contributed by atoms with Crippen LogP contribution >= 0.6 is 0 Å². The van der Waals surface area contributed by atoms with Gasteiger partial charge in [-0.15, -0.1) is 0 Å². The molecule has 128 valence electrons. The van der Waals surface area contributed by atoms with Crippen LogP contribution in [0.25, 0.3) is 11.0 Å². The van der Waals surface area contributed by atoms with Gasteiger partial charge < -0.3 is 9.64 Å². The number of pyridine rings is 2. The first-order valence-electron chi connectivity index (χ1n) is 8.49. The molecule has 0 aromatic carbocycles. The molecule has 0 aliphatic carbocycles. The van der Waals surface area contributed by atoms with Gasteiger partial charge in [0.2, 0.25) is 5.75 Å². The minimum Gasteiger partial charge on any atom is -0.484 e. The van der Waals surface area contributed by atoms with E-state index in [1.54, 1.807) is 11.6 Å². The Balaban J connectivity index is 2.02. The minimum atomic E-state index is -0.0988. The van der Waals surface area contributed by atoms with Gasteiger partial charge in [0, 0.05) is 37.3 Å². The summed E-state index contributed by atoms with van der Waals surface area (Å²) in [6.45, 7) is 8.66. The smallest absolute Gasteiger partial charge is 0.296 e. The number of anilines is 1. The molecule has 2 aromatic rings. The Labute approximate surface area is 141 Å². The van der Waals surface area contributed by atoms with Gasteiger partial charge in [-0.25, -0.2) is 4.98 Å². The molecule has 2 aromatic heterocycles. The second-order valence-electron chi connectivity index (χ2n) is 7.21. The van der Waals surface area contributed by atoms with Crippen molar-refractivity contribution in [1.29, 1.82) is 0 Å². The molecule has 1 saturated heterocycles. The molecule has 2 atom stereocenters. The van der Waals surface area contributed by atoms with Gasteiger partial charge in [0.05, 0.1) is 11.7 Å². The fraction of sp³-hybridized carbons (Fsp3) is 0.556. The lowest BCUT2D eigenvalue weighted by Gasteiger charge is -2.47. The van der Waals surface area contributed by atoms with Gasteiger partial charge in [0.15, 0.2) is 0 Å². The maximum absolute atomic E-state index is 12.8. The molecular formula is C18H24N4O2. The van der Waals surface area contributed by atoms with E-state index < -0.39 is 0 Å². The number of hydrogen-bond acceptors (Lipinski definition) is 5. The second kappa shape index (κ2) is 5.21. The summed E-state index contributed by atoms with van der Waals surface area (Å²) in [4.78, 5) is 22.2. The minimum absolute atomic E-state index is 0.0988. The van der Waals surface area contributed by atoms with Crippen LogP contribution < -0.4 is 15.2 Å². The van der Waals surface area contributed by atoms with Crippen LogP contribution in [0.15, 0.2) is 10.9 Å². The van der Waals surface area contributed by atoms with Crippen LogP contribution in [0.1, 0.15) is 18.2 Å². The van der Waals surface area contributed by atoms with Crippen LogP contribution in [0.5, 0.6) is 5.75 Å². The number of fused-ring (bicyclic) bond motifs is 5. The average Bonchev–Trinajstić information content (AvgIpc) is 2.55. The zero-order valence-corrected chi connectivity index (χ0v) is 15.0. The van der Waals surface area contributed by atoms with Crippen molar-refractivity contribution in [2.24, 2.45) is 7.05 Å². The number of nitrogens with zero attached hydrogens (tertiary/aromatic N) is 4. The van der Waals surface area contributed by atoms with E-state index in [9.17, 15) is 4.79 Å². The summed E-state index contributed by atoms with van der Waals surface area (Å²) in [6.07, 6.45) is 0. The fourth-order valence-corrected chi connectivity index (χ4v) is 3.79. The van der Waals surface area contributed by atoms with Crippen molar-refractivity contribution in [2.45, 2.75) is 32.9 Å². The van der Waals surface area contributed by atoms with E-state index in [0.29, 0.717) is 18.4 Å². The van der Waals surface area contributed by atoms with Crippen LogP contribution in [-0.2, 0) is 7.05 Å². The van der Waals surface area contributed by atoms with Crippen LogP contribution in [-0.4, -0.2) is 53.3 Å². The molecule has 6 heteroatoms. The maximum Gasteiger partial charge on any atom is 0.296 e. The van der Waals surface area contributed by atoms with Gasteiger partial charge in [-0.2, -0.15) is 0 Å². The summed E-state index contributed by atoms with van der Waals surface area (Å²) in [5.74, 6) is 0.475. The Kier molecular flexibility index (Phi) is 3.35. The summed E-state index contributed by atoms with van der Waals surface area (Å²) in [7, 11) is 3.92. The van der Waals surface area contributed by atoms with Crippen LogP contribution in [0.3, 0.4) is 0 Å². The Morgan fingerprint density at radius 3 is 2.75 bits per heavy atom. The van der Waals surface area contributed by atoms with Crippen molar-refractivity contribution >= 4 is 16.7 Å². The fourth-order valence-electron chi connectivity index (χ4n) is 3.79. The van der Waals surface area contributed by atoms with Crippen molar-refractivity contribution < 1.29 is 4.74 Å². The molecule has 6 nitrogen and oxygen atoms in total. The van der Waals surface area contributed by atoms with Crippen molar-refractivity contribution in [3.63, 3.8) is 0 Å². The number of aromatic nitrogens is 2. The molecule has 0 N–H and O–H groups in total. The van der Waals surface area contributed by atoms with Crippen molar-refractivity contribution in [3.8, 4) is 5.75 Å². The summed E-state index contributed by atoms with van der Waals surface area (Å²) in [6, 6.07) is 2.85. The number of hydrogen-bond donors (Lipinski definition) is 0. The third kappa shape index (κ3) is 2.05. The summed E-state index contributed by atoms with van der Waals surface area (Å²) in [5, 5.41) is 1.01. The molecule has 0 saturated carbocycles. The third-order valence-electron chi connectivity index (χ3n) is 5.59. The topological polar surface area (TPSA) is 50.6 Å². The predicted octanol–water partition coefficient (Wildman–Crippen LogP) is 1.45. The highest BCUT2D eigenvalue weighted by Gasteiger charge is 2.37. The van der Waals surface area contributed by atoms with E-state index in [0.717, 1.165) is 41.1 Å². The quantitative estimate of drug-likeness (QED) is 0.733. The van der Waals surface area contributed by atoms with Crippen LogP contribution in [0, 0.1) is 13.8 Å². The summed E-state index contributed by atoms with van der Waals surface area (Å²) in [5.41, 5.74) is 3.65. The molecule has 4 rings (SSSR count). The molecule has 0 amide bonds. The number of piperazine rings is 1. The predicted molar refractivity (Wildman–Crippen MR) is 95.2 cm³/mol. The number of aryl methyl sites for hydroxylation is 3. The third-order valence-corrected chi connectivity index (χ3v) is 5.59. The standard InChI is InChI=1S/C18H24N4O2/c1-10-6-14-15-16(18(23)21(5)17(14)19-12(10)3)24-9-13-8-20(4)11(2)7-22(13)15/h6,11,13H,7-9H2,1-5H3. The van der Waals surface area contributed by atoms with Gasteiger partial charge in [0.25, 0.3) is 5.56 Å². The molecule has 4 heterocycles. The van der Waals surface area contributed by atoms with Crippen molar-refractivity contribution in [2.75, 3.05) is 31.6 Å². The van der Waals surface area contributed by atoms with Gasteiger partial charge >= 0.3 is 0 Å². The van der Waals surface area contributed by atoms with Crippen molar-refractivity contribution in [3.05, 3.63) is 27.7 Å². The number of likely N-dealkylation sites (N-methyl/N-ethyl adjacent to an activating group) is 1. The van der Waals surface area contributed by atoms with Gasteiger partial charge in [0.1, 0.15) is 12.3 Å². The Morgan fingerprint density at radius 1 is 1.25 bits per heavy atom. The molecule has 0 radical (unpaired) electrons. The average molecular weight is 328 g/mol. The largest absolute Gasteiger partial charge is 0.484 e. The first kappa shape index (κ1) is 15.4. The normalized spacial score (nSPS) is 23.8. The van der Waals surface area contributed by atoms with E-state index >= 15 is 0 Å². The highest BCUT2D eigenvalue weighted by Crippen LogP contribution is 2.39. The SMILES string of the molecule is Cc1cc2c3c(c(=O)n(C)c2nc1C)OCC1CN(C)C(C)CN31. The van der Waals surface area contributed by atoms with Crippen LogP contribution in [0.2, 0.25) is 0 Å². The van der Waals surface area contributed by atoms with Crippen LogP contribution in [0.4, 0.5) is 5.69 Å². The molecule has 0 spiro atoms. The molecule has 2 aliphatic heterocycles. The molecule has 1 fully saturated rings. The molecule has 24 heavy (non-hydrogen) atoms. The lowest BCUT2D eigenvalue weighted by molar-refractivity contribution is 0.151.